The Morgan fingerprint density at radius 2 is 2.11 bits per heavy atom. The zero-order valence-corrected chi connectivity index (χ0v) is 20.9. The molecule has 1 fully saturated rings. The second kappa shape index (κ2) is 9.96. The molecule has 0 aliphatic carbocycles. The summed E-state index contributed by atoms with van der Waals surface area (Å²) in [5.74, 6) is 1.56. The number of ether oxygens (including phenoxy) is 1. The van der Waals surface area contributed by atoms with Gasteiger partial charge in [0.2, 0.25) is 21.9 Å². The minimum absolute atomic E-state index is 0.0667. The number of anilines is 5. The monoisotopic (exact) mass is 520 g/mol. The Labute approximate surface area is 207 Å². The summed E-state index contributed by atoms with van der Waals surface area (Å²) in [5, 5.41) is 13.3. The molecule has 3 heterocycles. The summed E-state index contributed by atoms with van der Waals surface area (Å²) in [6, 6.07) is 6.41. The molecule has 12 nitrogen and oxygen atoms in total. The van der Waals surface area contributed by atoms with Crippen molar-refractivity contribution in [1.82, 2.24) is 25.1 Å². The van der Waals surface area contributed by atoms with Gasteiger partial charge in [0.25, 0.3) is 0 Å². The van der Waals surface area contributed by atoms with E-state index < -0.39 is 10.0 Å². The van der Waals surface area contributed by atoms with Gasteiger partial charge < -0.3 is 20.7 Å². The number of carbonyl (C=O) groups excluding carboxylic acids is 1. The van der Waals surface area contributed by atoms with Gasteiger partial charge in [-0.05, 0) is 18.6 Å². The summed E-state index contributed by atoms with van der Waals surface area (Å²) in [6.45, 7) is 0.0667. The van der Waals surface area contributed by atoms with Crippen molar-refractivity contribution in [3.63, 3.8) is 0 Å². The topological polar surface area (TPSA) is 143 Å². The third kappa shape index (κ3) is 5.74. The van der Waals surface area contributed by atoms with Crippen LogP contribution in [0.4, 0.5) is 29.0 Å². The molecule has 1 aliphatic heterocycles. The normalized spacial score (nSPS) is 15.5. The molecule has 3 aromatic rings. The highest BCUT2D eigenvalue weighted by atomic mass is 35.5. The lowest BCUT2D eigenvalue weighted by Crippen LogP contribution is -2.41. The van der Waals surface area contributed by atoms with Crippen molar-refractivity contribution in [2.45, 2.75) is 18.9 Å². The van der Waals surface area contributed by atoms with Crippen LogP contribution in [-0.2, 0) is 21.9 Å². The van der Waals surface area contributed by atoms with E-state index in [9.17, 15) is 13.2 Å². The second-order valence-electron chi connectivity index (χ2n) is 7.96. The highest BCUT2D eigenvalue weighted by Gasteiger charge is 2.29. The van der Waals surface area contributed by atoms with Crippen molar-refractivity contribution >= 4 is 56.5 Å². The number of aryl methyl sites for hydroxylation is 1. The first-order valence-electron chi connectivity index (χ1n) is 10.6. The molecule has 0 bridgehead atoms. The van der Waals surface area contributed by atoms with E-state index in [1.165, 1.54) is 17.6 Å². The lowest BCUT2D eigenvalue weighted by atomic mass is 10.2. The molecule has 4 rings (SSSR count). The smallest absolute Gasteiger partial charge is 0.232 e. The predicted octanol–water partition coefficient (Wildman–Crippen LogP) is 2.40. The van der Waals surface area contributed by atoms with Crippen molar-refractivity contribution in [1.29, 1.82) is 0 Å². The van der Waals surface area contributed by atoms with Crippen LogP contribution in [0.1, 0.15) is 12.8 Å². The Bertz CT molecular complexity index is 1350. The van der Waals surface area contributed by atoms with E-state index in [-0.39, 0.29) is 35.3 Å². The van der Waals surface area contributed by atoms with Crippen LogP contribution in [0, 0.1) is 0 Å². The van der Waals surface area contributed by atoms with E-state index in [1.807, 2.05) is 0 Å². The van der Waals surface area contributed by atoms with Crippen LogP contribution in [-0.4, -0.2) is 60.0 Å². The number of nitrogens with one attached hydrogen (secondary N) is 3. The Morgan fingerprint density at radius 3 is 2.74 bits per heavy atom. The van der Waals surface area contributed by atoms with Gasteiger partial charge in [-0.25, -0.2) is 13.4 Å². The summed E-state index contributed by atoms with van der Waals surface area (Å²) in [6.07, 6.45) is 5.07. The van der Waals surface area contributed by atoms with Gasteiger partial charge in [0, 0.05) is 31.6 Å². The highest BCUT2D eigenvalue weighted by molar-refractivity contribution is 7.92. The molecule has 1 unspecified atom stereocenters. The minimum atomic E-state index is -3.72. The minimum Gasteiger partial charge on any atom is -0.497 e. The summed E-state index contributed by atoms with van der Waals surface area (Å²) in [7, 11) is -0.458. The SMILES string of the molecule is COc1ccc(Nc2nc(Nc3ccnn3C)ncc2Cl)c(N(CC2CCC(=O)N2)S(C)(=O)=O)c1. The van der Waals surface area contributed by atoms with E-state index in [0.717, 1.165) is 6.26 Å². The number of aromatic nitrogens is 4. The molecule has 1 aromatic carbocycles. The van der Waals surface area contributed by atoms with E-state index >= 15 is 0 Å². The summed E-state index contributed by atoms with van der Waals surface area (Å²) in [4.78, 5) is 20.3. The maximum atomic E-state index is 12.8. The summed E-state index contributed by atoms with van der Waals surface area (Å²) in [5.41, 5.74) is 0.747. The molecular formula is C21H25ClN8O4S. The zero-order chi connectivity index (χ0) is 25.2. The second-order valence-corrected chi connectivity index (χ2v) is 10.3. The third-order valence-electron chi connectivity index (χ3n) is 5.40. The molecule has 35 heavy (non-hydrogen) atoms. The number of hydrogen-bond donors (Lipinski definition) is 3. The quantitative estimate of drug-likeness (QED) is 0.387. The molecule has 14 heteroatoms. The average molecular weight is 521 g/mol. The average Bonchev–Trinajstić information content (AvgIpc) is 3.41. The van der Waals surface area contributed by atoms with Crippen LogP contribution in [0.3, 0.4) is 0 Å². The van der Waals surface area contributed by atoms with Crippen molar-refractivity contribution in [2.75, 3.05) is 34.8 Å². The highest BCUT2D eigenvalue weighted by Crippen LogP contribution is 2.36. The molecule has 3 N–H and O–H groups in total. The summed E-state index contributed by atoms with van der Waals surface area (Å²) < 4.78 is 33.8. The summed E-state index contributed by atoms with van der Waals surface area (Å²) >= 11 is 6.36. The number of benzene rings is 1. The molecule has 1 aliphatic rings. The Morgan fingerprint density at radius 1 is 1.31 bits per heavy atom. The third-order valence-corrected chi connectivity index (χ3v) is 6.83. The molecule has 0 spiro atoms. The molecule has 0 saturated carbocycles. The van der Waals surface area contributed by atoms with Crippen LogP contribution in [0.5, 0.6) is 5.75 Å². The number of halogens is 1. The van der Waals surface area contributed by atoms with Crippen LogP contribution >= 0.6 is 11.6 Å². The first-order valence-corrected chi connectivity index (χ1v) is 12.9. The van der Waals surface area contributed by atoms with Gasteiger partial charge in [0.1, 0.15) is 16.6 Å². The number of carbonyl (C=O) groups is 1. The number of hydrogen-bond acceptors (Lipinski definition) is 9. The van der Waals surface area contributed by atoms with E-state index in [2.05, 4.69) is 31.0 Å². The van der Waals surface area contributed by atoms with Gasteiger partial charge in [-0.1, -0.05) is 11.6 Å². The number of amides is 1. The Kier molecular flexibility index (Phi) is 6.98. The molecule has 0 radical (unpaired) electrons. The number of rotatable bonds is 9. The molecule has 1 saturated heterocycles. The first-order chi connectivity index (χ1) is 16.6. The van der Waals surface area contributed by atoms with Crippen LogP contribution < -0.4 is 25.0 Å². The molecule has 1 amide bonds. The molecular weight excluding hydrogens is 496 g/mol. The van der Waals surface area contributed by atoms with Gasteiger partial charge >= 0.3 is 0 Å². The first kappa shape index (κ1) is 24.5. The lowest BCUT2D eigenvalue weighted by Gasteiger charge is -2.28. The maximum absolute atomic E-state index is 12.8. The van der Waals surface area contributed by atoms with Crippen molar-refractivity contribution in [3.05, 3.63) is 41.7 Å². The van der Waals surface area contributed by atoms with E-state index in [4.69, 9.17) is 16.3 Å². The predicted molar refractivity (Wildman–Crippen MR) is 133 cm³/mol. The van der Waals surface area contributed by atoms with Crippen LogP contribution in [0.25, 0.3) is 0 Å². The zero-order valence-electron chi connectivity index (χ0n) is 19.3. The van der Waals surface area contributed by atoms with Gasteiger partial charge in [0.15, 0.2) is 5.82 Å². The van der Waals surface area contributed by atoms with Crippen molar-refractivity contribution in [2.24, 2.45) is 7.05 Å². The van der Waals surface area contributed by atoms with Gasteiger partial charge in [0.05, 0.1) is 43.7 Å². The Balaban J connectivity index is 1.69. The van der Waals surface area contributed by atoms with Gasteiger partial charge in [-0.3, -0.25) is 13.8 Å². The number of sulfonamides is 1. The maximum Gasteiger partial charge on any atom is 0.232 e. The van der Waals surface area contributed by atoms with E-state index in [1.54, 1.807) is 42.2 Å². The fourth-order valence-electron chi connectivity index (χ4n) is 3.63. The standard InChI is InChI=1S/C21H25ClN8O4S/c1-29-18(8-9-24-29)27-21-23-11-15(22)20(28-21)26-16-6-5-14(34-2)10-17(16)30(35(3,32)33)12-13-4-7-19(31)25-13/h5-6,8-11,13H,4,7,12H2,1-3H3,(H,25,31)(H2,23,26,27,28). The largest absolute Gasteiger partial charge is 0.497 e. The van der Waals surface area contributed by atoms with Crippen molar-refractivity contribution in [3.8, 4) is 5.75 Å². The van der Waals surface area contributed by atoms with Gasteiger partial charge in [-0.2, -0.15) is 10.1 Å². The molecule has 186 valence electrons. The Hall–Kier alpha value is -3.58. The fraction of sp³-hybridized carbons (Fsp3) is 0.333. The number of nitrogens with zero attached hydrogens (tertiary/aromatic N) is 5. The number of methoxy groups -OCH3 is 1. The van der Waals surface area contributed by atoms with E-state index in [0.29, 0.717) is 35.8 Å². The van der Waals surface area contributed by atoms with Crippen LogP contribution in [0.2, 0.25) is 5.02 Å². The van der Waals surface area contributed by atoms with Gasteiger partial charge in [-0.15, -0.1) is 0 Å². The molecule has 1 atom stereocenters. The van der Waals surface area contributed by atoms with Crippen molar-refractivity contribution < 1.29 is 17.9 Å². The fourth-order valence-corrected chi connectivity index (χ4v) is 4.73. The van der Waals surface area contributed by atoms with Crippen LogP contribution in [0.15, 0.2) is 36.7 Å². The lowest BCUT2D eigenvalue weighted by molar-refractivity contribution is -0.119. The molecule has 2 aromatic heterocycles.